The summed E-state index contributed by atoms with van der Waals surface area (Å²) in [6.07, 6.45) is 3.99. The van der Waals surface area contributed by atoms with E-state index in [4.69, 9.17) is 15.5 Å². The molecule has 0 aliphatic heterocycles. The smallest absolute Gasteiger partial charge is 0.136 e. The Kier molecular flexibility index (Phi) is 5.83. The highest BCUT2D eigenvalue weighted by molar-refractivity contribution is 6.20. The third kappa shape index (κ3) is 3.86. The third-order valence-electron chi connectivity index (χ3n) is 5.40. The first-order valence-electron chi connectivity index (χ1n) is 10.3. The highest BCUT2D eigenvalue weighted by Gasteiger charge is 2.14. The van der Waals surface area contributed by atoms with E-state index in [1.165, 1.54) is 10.8 Å². The van der Waals surface area contributed by atoms with Crippen LogP contribution in [-0.4, -0.2) is 43.3 Å². The number of aryl methyl sites for hydroxylation is 1. The summed E-state index contributed by atoms with van der Waals surface area (Å²) < 4.78 is 5.38. The molecule has 2 heterocycles. The van der Waals surface area contributed by atoms with E-state index in [2.05, 4.69) is 46.8 Å². The molecule has 4 rings (SSSR count). The Hall–Kier alpha value is -2.83. The van der Waals surface area contributed by atoms with E-state index < -0.39 is 0 Å². The number of aromatic amines is 1. The second-order valence-corrected chi connectivity index (χ2v) is 7.41. The van der Waals surface area contributed by atoms with Crippen molar-refractivity contribution in [2.45, 2.75) is 19.8 Å². The molecule has 0 spiro atoms. The van der Waals surface area contributed by atoms with E-state index in [1.54, 1.807) is 7.11 Å². The lowest BCUT2D eigenvalue weighted by atomic mass is 10.1. The molecule has 0 saturated carbocycles. The highest BCUT2D eigenvalue weighted by atomic mass is 16.5. The molecule has 0 aliphatic carbocycles. The van der Waals surface area contributed by atoms with Crippen LogP contribution in [0.5, 0.6) is 5.75 Å². The van der Waals surface area contributed by atoms with Gasteiger partial charge < -0.3 is 26.1 Å². The van der Waals surface area contributed by atoms with E-state index in [0.717, 1.165) is 78.0 Å². The Bertz CT molecular complexity index is 1130. The van der Waals surface area contributed by atoms with Crippen molar-refractivity contribution in [1.82, 2.24) is 15.3 Å². The van der Waals surface area contributed by atoms with Gasteiger partial charge >= 0.3 is 0 Å². The SMILES string of the molecule is COc1ccc2c(ccc3c2[nH]c2c(C)cnc(NCCCNCCCN)c23)c1. The summed E-state index contributed by atoms with van der Waals surface area (Å²) in [5.74, 6) is 1.81. The van der Waals surface area contributed by atoms with E-state index in [9.17, 15) is 0 Å². The van der Waals surface area contributed by atoms with Crippen LogP contribution in [0, 0.1) is 6.92 Å². The number of benzene rings is 2. The number of ether oxygens (including phenoxy) is 1. The molecule has 4 aromatic rings. The van der Waals surface area contributed by atoms with Crippen LogP contribution in [-0.2, 0) is 0 Å². The highest BCUT2D eigenvalue weighted by Crippen LogP contribution is 2.36. The molecule has 6 heteroatoms. The van der Waals surface area contributed by atoms with Gasteiger partial charge in [-0.05, 0) is 68.5 Å². The number of aromatic nitrogens is 2. The van der Waals surface area contributed by atoms with Crippen molar-refractivity contribution in [3.63, 3.8) is 0 Å². The number of methoxy groups -OCH3 is 1. The summed E-state index contributed by atoms with van der Waals surface area (Å²) in [4.78, 5) is 8.34. The number of nitrogens with zero attached hydrogens (tertiary/aromatic N) is 1. The number of pyridine rings is 1. The monoisotopic (exact) mass is 391 g/mol. The number of rotatable bonds is 9. The summed E-state index contributed by atoms with van der Waals surface area (Å²) in [7, 11) is 1.70. The van der Waals surface area contributed by atoms with Crippen molar-refractivity contribution < 1.29 is 4.74 Å². The van der Waals surface area contributed by atoms with Gasteiger partial charge in [0.25, 0.3) is 0 Å². The van der Waals surface area contributed by atoms with Crippen LogP contribution >= 0.6 is 0 Å². The Morgan fingerprint density at radius 3 is 2.69 bits per heavy atom. The number of hydrogen-bond donors (Lipinski definition) is 4. The van der Waals surface area contributed by atoms with Gasteiger partial charge in [-0.3, -0.25) is 0 Å². The topological polar surface area (TPSA) is 88.0 Å². The fourth-order valence-corrected chi connectivity index (χ4v) is 3.84. The van der Waals surface area contributed by atoms with Gasteiger partial charge in [-0.25, -0.2) is 4.98 Å². The molecule has 6 nitrogen and oxygen atoms in total. The molecule has 0 bridgehead atoms. The van der Waals surface area contributed by atoms with E-state index in [0.29, 0.717) is 0 Å². The molecule has 0 unspecified atom stereocenters. The van der Waals surface area contributed by atoms with Gasteiger partial charge in [0.1, 0.15) is 11.6 Å². The van der Waals surface area contributed by atoms with Gasteiger partial charge in [-0.1, -0.05) is 12.1 Å². The zero-order valence-corrected chi connectivity index (χ0v) is 17.1. The van der Waals surface area contributed by atoms with E-state index >= 15 is 0 Å². The van der Waals surface area contributed by atoms with Crippen molar-refractivity contribution >= 4 is 38.4 Å². The Morgan fingerprint density at radius 1 is 1.03 bits per heavy atom. The van der Waals surface area contributed by atoms with E-state index in [1.807, 2.05) is 12.3 Å². The van der Waals surface area contributed by atoms with Gasteiger partial charge in [0.15, 0.2) is 0 Å². The fourth-order valence-electron chi connectivity index (χ4n) is 3.84. The van der Waals surface area contributed by atoms with Crippen molar-refractivity contribution in [2.24, 2.45) is 5.73 Å². The first-order valence-corrected chi connectivity index (χ1v) is 10.3. The van der Waals surface area contributed by atoms with Crippen LogP contribution in [0.3, 0.4) is 0 Å². The molecule has 2 aromatic heterocycles. The minimum atomic E-state index is 0.735. The van der Waals surface area contributed by atoms with Gasteiger partial charge in [-0.15, -0.1) is 0 Å². The van der Waals surface area contributed by atoms with Gasteiger partial charge in [0.05, 0.1) is 23.5 Å². The van der Waals surface area contributed by atoms with Crippen LogP contribution in [0.25, 0.3) is 32.6 Å². The molecule has 152 valence electrons. The van der Waals surface area contributed by atoms with Crippen LogP contribution in [0.15, 0.2) is 36.5 Å². The van der Waals surface area contributed by atoms with Crippen LogP contribution < -0.4 is 21.1 Å². The molecule has 0 saturated heterocycles. The van der Waals surface area contributed by atoms with Gasteiger partial charge in [-0.2, -0.15) is 0 Å². The summed E-state index contributed by atoms with van der Waals surface area (Å²) >= 11 is 0. The lowest BCUT2D eigenvalue weighted by Crippen LogP contribution is -2.21. The molecular weight excluding hydrogens is 362 g/mol. The average Bonchev–Trinajstić information content (AvgIpc) is 3.15. The van der Waals surface area contributed by atoms with Crippen molar-refractivity contribution in [1.29, 1.82) is 0 Å². The second-order valence-electron chi connectivity index (χ2n) is 7.41. The minimum Gasteiger partial charge on any atom is -0.497 e. The molecule has 0 amide bonds. The summed E-state index contributed by atoms with van der Waals surface area (Å²) in [5, 5.41) is 11.7. The lowest BCUT2D eigenvalue weighted by Gasteiger charge is -2.09. The number of nitrogens with one attached hydrogen (secondary N) is 3. The minimum absolute atomic E-state index is 0.735. The number of H-pyrrole nitrogens is 1. The maximum absolute atomic E-state index is 5.52. The summed E-state index contributed by atoms with van der Waals surface area (Å²) in [6.45, 7) is 5.66. The lowest BCUT2D eigenvalue weighted by molar-refractivity contribution is 0.415. The number of nitrogens with two attached hydrogens (primary N) is 1. The normalized spacial score (nSPS) is 11.6. The molecule has 5 N–H and O–H groups in total. The van der Waals surface area contributed by atoms with Crippen molar-refractivity contribution in [3.8, 4) is 5.75 Å². The standard InChI is InChI=1S/C23H29N5O/c1-15-14-27-23(26-12-4-11-25-10-3-9-24)20-19-7-5-16-13-17(29-2)6-8-18(16)22(19)28-21(15)20/h5-8,13-14,25,28H,3-4,9-12,24H2,1-2H3,(H,26,27). The largest absolute Gasteiger partial charge is 0.497 e. The third-order valence-corrected chi connectivity index (χ3v) is 5.40. The molecule has 0 radical (unpaired) electrons. The molecular formula is C23H29N5O. The molecule has 29 heavy (non-hydrogen) atoms. The summed E-state index contributed by atoms with van der Waals surface area (Å²) in [5.41, 5.74) is 8.95. The quantitative estimate of drug-likeness (QED) is 0.325. The van der Waals surface area contributed by atoms with Crippen LogP contribution in [0.2, 0.25) is 0 Å². The van der Waals surface area contributed by atoms with Crippen LogP contribution in [0.4, 0.5) is 5.82 Å². The van der Waals surface area contributed by atoms with Crippen molar-refractivity contribution in [2.75, 3.05) is 38.6 Å². The Labute approximate surface area is 170 Å². The molecule has 0 atom stereocenters. The van der Waals surface area contributed by atoms with Gasteiger partial charge in [0.2, 0.25) is 0 Å². The maximum atomic E-state index is 5.52. The predicted molar refractivity (Wildman–Crippen MR) is 122 cm³/mol. The maximum Gasteiger partial charge on any atom is 0.136 e. The second kappa shape index (κ2) is 8.68. The molecule has 2 aromatic carbocycles. The first-order chi connectivity index (χ1) is 14.2. The number of hydrogen-bond acceptors (Lipinski definition) is 5. The zero-order chi connectivity index (χ0) is 20.2. The Morgan fingerprint density at radius 2 is 1.86 bits per heavy atom. The predicted octanol–water partition coefficient (Wildman–Crippen LogP) is 3.93. The van der Waals surface area contributed by atoms with Crippen molar-refractivity contribution in [3.05, 3.63) is 42.1 Å². The first kappa shape index (κ1) is 19.5. The van der Waals surface area contributed by atoms with Gasteiger partial charge in [0, 0.05) is 23.5 Å². The number of anilines is 1. The molecule has 0 aliphatic rings. The van der Waals surface area contributed by atoms with Crippen LogP contribution in [0.1, 0.15) is 18.4 Å². The Balaban J connectivity index is 1.65. The number of fused-ring (bicyclic) bond motifs is 5. The average molecular weight is 392 g/mol. The molecule has 0 fully saturated rings. The zero-order valence-electron chi connectivity index (χ0n) is 17.1. The van der Waals surface area contributed by atoms with E-state index in [-0.39, 0.29) is 0 Å². The summed E-state index contributed by atoms with van der Waals surface area (Å²) in [6, 6.07) is 10.5. The fraction of sp³-hybridized carbons (Fsp3) is 0.348.